The maximum absolute atomic E-state index is 12.1. The first-order valence-corrected chi connectivity index (χ1v) is 6.19. The van der Waals surface area contributed by atoms with Gasteiger partial charge in [-0.2, -0.15) is 0 Å². The summed E-state index contributed by atoms with van der Waals surface area (Å²) in [7, 11) is 0. The Labute approximate surface area is 107 Å². The van der Waals surface area contributed by atoms with Crippen molar-refractivity contribution in [2.24, 2.45) is 5.92 Å². The minimum atomic E-state index is -0.558. The lowest BCUT2D eigenvalue weighted by Crippen LogP contribution is -2.50. The number of carbonyl (C=O) groups excluding carboxylic acids is 1. The predicted molar refractivity (Wildman–Crippen MR) is 68.5 cm³/mol. The molecule has 98 valence electrons. The summed E-state index contributed by atoms with van der Waals surface area (Å²) in [5.74, 6) is 0.207. The number of amides is 1. The number of phenols is 1. The molecule has 4 nitrogen and oxygen atoms in total. The van der Waals surface area contributed by atoms with E-state index in [1.54, 1.807) is 19.1 Å². The maximum atomic E-state index is 12.1. The first-order chi connectivity index (χ1) is 8.46. The normalized spacial score (nSPS) is 18.2. The molecule has 1 aliphatic carbocycles. The largest absolute Gasteiger partial charge is 0.508 e. The Morgan fingerprint density at radius 2 is 2.17 bits per heavy atom. The highest BCUT2D eigenvalue weighted by Gasteiger charge is 2.42. The fraction of sp³-hybridized carbons (Fsp3) is 0.500. The van der Waals surface area contributed by atoms with Gasteiger partial charge in [-0.05, 0) is 50.3 Å². The van der Waals surface area contributed by atoms with E-state index < -0.39 is 5.54 Å². The van der Waals surface area contributed by atoms with Gasteiger partial charge in [0.1, 0.15) is 5.75 Å². The summed E-state index contributed by atoms with van der Waals surface area (Å²) >= 11 is 0. The molecule has 18 heavy (non-hydrogen) atoms. The summed E-state index contributed by atoms with van der Waals surface area (Å²) in [6.45, 7) is 3.57. The molecule has 1 saturated carbocycles. The molecule has 0 aliphatic heterocycles. The standard InChI is InChI=1S/C14H19NO3/c1-9-3-4-10(7-12(9)17)13(18)15-14(2,8-16)11-5-6-11/h3-4,7,11,16-17H,5-6,8H2,1-2H3,(H,15,18). The zero-order valence-corrected chi connectivity index (χ0v) is 10.7. The number of hydrogen-bond acceptors (Lipinski definition) is 3. The molecule has 1 fully saturated rings. The Kier molecular flexibility index (Phi) is 3.30. The highest BCUT2D eigenvalue weighted by molar-refractivity contribution is 5.95. The lowest BCUT2D eigenvalue weighted by Gasteiger charge is -2.28. The summed E-state index contributed by atoms with van der Waals surface area (Å²) in [6, 6.07) is 4.84. The molecule has 1 aromatic carbocycles. The van der Waals surface area contributed by atoms with Gasteiger partial charge >= 0.3 is 0 Å². The van der Waals surface area contributed by atoms with Crippen LogP contribution in [0.4, 0.5) is 0 Å². The van der Waals surface area contributed by atoms with Crippen molar-refractivity contribution in [2.45, 2.75) is 32.2 Å². The van der Waals surface area contributed by atoms with Crippen LogP contribution in [0.5, 0.6) is 5.75 Å². The Morgan fingerprint density at radius 1 is 1.50 bits per heavy atom. The molecule has 0 saturated heterocycles. The van der Waals surface area contributed by atoms with E-state index in [4.69, 9.17) is 0 Å². The predicted octanol–water partition coefficient (Wildman–Crippen LogP) is 1.59. The van der Waals surface area contributed by atoms with Gasteiger partial charge in [0.25, 0.3) is 5.91 Å². The van der Waals surface area contributed by atoms with E-state index in [1.165, 1.54) is 6.07 Å². The molecule has 3 N–H and O–H groups in total. The van der Waals surface area contributed by atoms with Crippen molar-refractivity contribution in [3.8, 4) is 5.75 Å². The second kappa shape index (κ2) is 4.61. The van der Waals surface area contributed by atoms with Gasteiger partial charge in [-0.15, -0.1) is 0 Å². The molecule has 1 amide bonds. The van der Waals surface area contributed by atoms with Crippen molar-refractivity contribution >= 4 is 5.91 Å². The molecule has 0 bridgehead atoms. The van der Waals surface area contributed by atoms with Gasteiger partial charge in [0, 0.05) is 5.56 Å². The first kappa shape index (κ1) is 12.9. The number of phenolic OH excluding ortho intramolecular Hbond substituents is 1. The minimum Gasteiger partial charge on any atom is -0.508 e. The van der Waals surface area contributed by atoms with Crippen LogP contribution in [0.1, 0.15) is 35.7 Å². The highest BCUT2D eigenvalue weighted by Crippen LogP contribution is 2.39. The third-order valence-electron chi connectivity index (χ3n) is 3.68. The number of rotatable bonds is 4. The monoisotopic (exact) mass is 249 g/mol. The van der Waals surface area contributed by atoms with Crippen molar-refractivity contribution in [2.75, 3.05) is 6.61 Å². The van der Waals surface area contributed by atoms with Crippen molar-refractivity contribution in [1.29, 1.82) is 0 Å². The highest BCUT2D eigenvalue weighted by atomic mass is 16.3. The Balaban J connectivity index is 2.13. The van der Waals surface area contributed by atoms with Crippen LogP contribution in [0.25, 0.3) is 0 Å². The van der Waals surface area contributed by atoms with Crippen LogP contribution in [0.3, 0.4) is 0 Å². The molecule has 1 aliphatic rings. The van der Waals surface area contributed by atoms with E-state index in [0.29, 0.717) is 11.5 Å². The third-order valence-corrected chi connectivity index (χ3v) is 3.68. The molecule has 0 radical (unpaired) electrons. The zero-order valence-electron chi connectivity index (χ0n) is 10.7. The second-order valence-electron chi connectivity index (χ2n) is 5.31. The van der Waals surface area contributed by atoms with Gasteiger partial charge in [0.05, 0.1) is 12.1 Å². The van der Waals surface area contributed by atoms with Crippen LogP contribution in [-0.4, -0.2) is 28.3 Å². The molecule has 4 heteroatoms. The average molecular weight is 249 g/mol. The summed E-state index contributed by atoms with van der Waals surface area (Å²) in [5.41, 5.74) is 0.592. The lowest BCUT2D eigenvalue weighted by molar-refractivity contribution is 0.0824. The summed E-state index contributed by atoms with van der Waals surface area (Å²) < 4.78 is 0. The molecule has 1 aromatic rings. The van der Waals surface area contributed by atoms with Crippen LogP contribution in [0.15, 0.2) is 18.2 Å². The number of hydrogen-bond donors (Lipinski definition) is 3. The maximum Gasteiger partial charge on any atom is 0.251 e. The number of aromatic hydroxyl groups is 1. The van der Waals surface area contributed by atoms with Gasteiger partial charge in [-0.25, -0.2) is 0 Å². The van der Waals surface area contributed by atoms with Crippen LogP contribution in [-0.2, 0) is 0 Å². The van der Waals surface area contributed by atoms with Crippen molar-refractivity contribution in [3.63, 3.8) is 0 Å². The number of carbonyl (C=O) groups is 1. The molecular weight excluding hydrogens is 230 g/mol. The topological polar surface area (TPSA) is 69.6 Å². The second-order valence-corrected chi connectivity index (χ2v) is 5.31. The van der Waals surface area contributed by atoms with Gasteiger partial charge in [-0.3, -0.25) is 4.79 Å². The van der Waals surface area contributed by atoms with Crippen LogP contribution < -0.4 is 5.32 Å². The van der Waals surface area contributed by atoms with Gasteiger partial charge in [0.2, 0.25) is 0 Å². The van der Waals surface area contributed by atoms with Crippen molar-refractivity contribution in [3.05, 3.63) is 29.3 Å². The minimum absolute atomic E-state index is 0.0682. The van der Waals surface area contributed by atoms with E-state index in [9.17, 15) is 15.0 Å². The van der Waals surface area contributed by atoms with Crippen LogP contribution >= 0.6 is 0 Å². The fourth-order valence-corrected chi connectivity index (χ4v) is 2.07. The van der Waals surface area contributed by atoms with Gasteiger partial charge < -0.3 is 15.5 Å². The van der Waals surface area contributed by atoms with Crippen molar-refractivity contribution in [1.82, 2.24) is 5.32 Å². The summed E-state index contributed by atoms with van der Waals surface area (Å²) in [6.07, 6.45) is 2.08. The molecule has 2 rings (SSSR count). The van der Waals surface area contributed by atoms with E-state index in [1.807, 2.05) is 6.92 Å². The Hall–Kier alpha value is -1.55. The molecule has 1 unspecified atom stereocenters. The summed E-state index contributed by atoms with van der Waals surface area (Å²) in [4.78, 5) is 12.1. The van der Waals surface area contributed by atoms with Gasteiger partial charge in [0.15, 0.2) is 0 Å². The number of aliphatic hydroxyl groups excluding tert-OH is 1. The third kappa shape index (κ3) is 2.48. The molecule has 0 spiro atoms. The number of aliphatic hydroxyl groups is 1. The van der Waals surface area contributed by atoms with Crippen molar-refractivity contribution < 1.29 is 15.0 Å². The summed E-state index contributed by atoms with van der Waals surface area (Å²) in [5, 5.41) is 21.9. The molecular formula is C14H19NO3. The Bertz CT molecular complexity index is 468. The average Bonchev–Trinajstić information content (AvgIpc) is 3.16. The van der Waals surface area contributed by atoms with Crippen LogP contribution in [0.2, 0.25) is 0 Å². The quantitative estimate of drug-likeness (QED) is 0.759. The number of nitrogens with one attached hydrogen (secondary N) is 1. The van der Waals surface area contributed by atoms with E-state index in [2.05, 4.69) is 5.32 Å². The Morgan fingerprint density at radius 3 is 2.67 bits per heavy atom. The molecule has 0 aromatic heterocycles. The zero-order chi connectivity index (χ0) is 13.3. The van der Waals surface area contributed by atoms with E-state index >= 15 is 0 Å². The van der Waals surface area contributed by atoms with E-state index in [-0.39, 0.29) is 18.3 Å². The number of benzene rings is 1. The fourth-order valence-electron chi connectivity index (χ4n) is 2.07. The van der Waals surface area contributed by atoms with Crippen LogP contribution in [0, 0.1) is 12.8 Å². The SMILES string of the molecule is Cc1ccc(C(=O)NC(C)(CO)C2CC2)cc1O. The lowest BCUT2D eigenvalue weighted by atomic mass is 9.96. The first-order valence-electron chi connectivity index (χ1n) is 6.19. The van der Waals surface area contributed by atoms with E-state index in [0.717, 1.165) is 18.4 Å². The molecule has 0 heterocycles. The molecule has 1 atom stereocenters. The van der Waals surface area contributed by atoms with Gasteiger partial charge in [-0.1, -0.05) is 6.07 Å². The smallest absolute Gasteiger partial charge is 0.251 e. The number of aryl methyl sites for hydroxylation is 1.